The fourth-order valence-electron chi connectivity index (χ4n) is 1.08. The first-order valence-electron chi connectivity index (χ1n) is 5.94. The van der Waals surface area contributed by atoms with E-state index in [2.05, 4.69) is 19.1 Å². The average molecular weight is 341 g/mol. The Hall–Kier alpha value is -0.550. The molecule has 10 heteroatoms. The van der Waals surface area contributed by atoms with Crippen molar-refractivity contribution >= 4 is 21.7 Å². The Labute approximate surface area is 153 Å². The van der Waals surface area contributed by atoms with Crippen molar-refractivity contribution in [3.05, 3.63) is 24.3 Å². The molecular weight excluding hydrogens is 321 g/mol. The van der Waals surface area contributed by atoms with E-state index in [9.17, 15) is 13.0 Å². The van der Waals surface area contributed by atoms with Crippen LogP contribution in [0.25, 0.3) is 0 Å². The predicted molar refractivity (Wildman–Crippen MR) is 78.7 cm³/mol. The maximum atomic E-state index is 10.2. The Morgan fingerprint density at radius 2 is 1.55 bits per heavy atom. The van der Waals surface area contributed by atoms with E-state index in [1.165, 1.54) is 0 Å². The van der Waals surface area contributed by atoms with E-state index < -0.39 is 10.3 Å². The van der Waals surface area contributed by atoms with Gasteiger partial charge in [0.15, 0.2) is 0 Å². The molecule has 0 aliphatic heterocycles. The first-order valence-corrected chi connectivity index (χ1v) is 7.30. The summed E-state index contributed by atoms with van der Waals surface area (Å²) in [7, 11) is 2.40. The van der Waals surface area contributed by atoms with Gasteiger partial charge in [-0.15, -0.1) is 5.11 Å². The smallest absolute Gasteiger partial charge is 0.728 e. The van der Waals surface area contributed by atoms with Crippen LogP contribution in [0.5, 0.6) is 0 Å². The Morgan fingerprint density at radius 3 is 1.86 bits per heavy atom. The second kappa shape index (κ2) is 12.9. The first-order chi connectivity index (χ1) is 9.80. The van der Waals surface area contributed by atoms with Gasteiger partial charge in [-0.25, -0.2) is 8.42 Å². The van der Waals surface area contributed by atoms with Gasteiger partial charge in [0, 0.05) is 34.0 Å². The zero-order valence-corrected chi connectivity index (χ0v) is 16.3. The number of benzene rings is 1. The van der Waals surface area contributed by atoms with E-state index in [-0.39, 0.29) is 29.6 Å². The minimum atomic E-state index is -4.65. The molecule has 0 radical (unpaired) electrons. The van der Waals surface area contributed by atoms with Crippen LogP contribution in [0.1, 0.15) is 0 Å². The molecule has 1 aromatic rings. The van der Waals surface area contributed by atoms with Gasteiger partial charge in [0.1, 0.15) is 0 Å². The Balaban J connectivity index is 0. The molecule has 0 amide bonds. The topological polar surface area (TPSA) is 104 Å². The standard InChI is InChI=1S/C8H11N3O3S.C4H10O2.Na/c1-11(2)8-5-3-7(4-6-8)9-10-15(12,13)14;1-5-3-4-6-2;/h3-6H,1-2H3,(H,12,13,14);3-4H2,1-2H3;/q;;+1/p-1. The third kappa shape index (κ3) is 13.1. The molecular formula is C12H20N3NaO5S. The largest absolute Gasteiger partial charge is 1.00 e. The molecule has 0 spiro atoms. The van der Waals surface area contributed by atoms with Gasteiger partial charge in [-0.2, -0.15) is 0 Å². The quantitative estimate of drug-likeness (QED) is 0.272. The molecule has 0 aliphatic carbocycles. The molecule has 0 aromatic heterocycles. The number of anilines is 1. The van der Waals surface area contributed by atoms with E-state index in [0.29, 0.717) is 18.9 Å². The zero-order valence-electron chi connectivity index (χ0n) is 13.5. The van der Waals surface area contributed by atoms with Crippen molar-refractivity contribution < 1.29 is 52.0 Å². The van der Waals surface area contributed by atoms with Crippen molar-refractivity contribution in [2.24, 2.45) is 9.63 Å². The van der Waals surface area contributed by atoms with Gasteiger partial charge in [-0.1, -0.05) is 4.52 Å². The summed E-state index contributed by atoms with van der Waals surface area (Å²) < 4.78 is 42.4. The Kier molecular flexibility index (Phi) is 13.9. The van der Waals surface area contributed by atoms with Gasteiger partial charge in [-0.3, -0.25) is 0 Å². The van der Waals surface area contributed by atoms with Gasteiger partial charge in [0.2, 0.25) is 10.3 Å². The third-order valence-electron chi connectivity index (χ3n) is 2.11. The summed E-state index contributed by atoms with van der Waals surface area (Å²) >= 11 is 0. The third-order valence-corrected chi connectivity index (χ3v) is 2.40. The molecule has 0 bridgehead atoms. The van der Waals surface area contributed by atoms with E-state index in [4.69, 9.17) is 0 Å². The minimum Gasteiger partial charge on any atom is -0.728 e. The van der Waals surface area contributed by atoms with Crippen LogP contribution in [0.15, 0.2) is 33.9 Å². The Morgan fingerprint density at radius 1 is 1.09 bits per heavy atom. The van der Waals surface area contributed by atoms with Crippen molar-refractivity contribution in [2.45, 2.75) is 0 Å². The minimum absolute atomic E-state index is 0. The maximum absolute atomic E-state index is 10.2. The van der Waals surface area contributed by atoms with Crippen LogP contribution in [-0.2, 0) is 19.8 Å². The molecule has 8 nitrogen and oxygen atoms in total. The van der Waals surface area contributed by atoms with Gasteiger partial charge in [-0.05, 0) is 24.3 Å². The molecule has 120 valence electrons. The Bertz CT molecular complexity index is 516. The fourth-order valence-corrected chi connectivity index (χ4v) is 1.28. The number of hydrogen-bond acceptors (Lipinski definition) is 7. The molecule has 0 saturated heterocycles. The monoisotopic (exact) mass is 341 g/mol. The number of nitrogens with zero attached hydrogens (tertiary/aromatic N) is 3. The molecule has 22 heavy (non-hydrogen) atoms. The van der Waals surface area contributed by atoms with E-state index in [1.807, 2.05) is 19.0 Å². The fraction of sp³-hybridized carbons (Fsp3) is 0.500. The molecule has 0 saturated carbocycles. The van der Waals surface area contributed by atoms with Crippen molar-refractivity contribution in [3.8, 4) is 0 Å². The van der Waals surface area contributed by atoms with E-state index in [1.54, 1.807) is 38.5 Å². The van der Waals surface area contributed by atoms with Crippen molar-refractivity contribution in [1.82, 2.24) is 0 Å². The number of methoxy groups -OCH3 is 2. The van der Waals surface area contributed by atoms with Gasteiger partial charge in [0.05, 0.1) is 18.9 Å². The van der Waals surface area contributed by atoms with Gasteiger partial charge < -0.3 is 18.9 Å². The molecule has 1 rings (SSSR count). The summed E-state index contributed by atoms with van der Waals surface area (Å²) in [5.74, 6) is 0. The summed E-state index contributed by atoms with van der Waals surface area (Å²) in [4.78, 5) is 1.88. The van der Waals surface area contributed by atoms with E-state index >= 15 is 0 Å². The average Bonchev–Trinajstić information content (AvgIpc) is 2.43. The van der Waals surface area contributed by atoms with Crippen LogP contribution in [0, 0.1) is 0 Å². The number of hydrogen-bond donors (Lipinski definition) is 0. The molecule has 0 heterocycles. The summed E-state index contributed by atoms with van der Waals surface area (Å²) in [6.07, 6.45) is 0. The van der Waals surface area contributed by atoms with Crippen LogP contribution in [0.2, 0.25) is 0 Å². The van der Waals surface area contributed by atoms with Gasteiger partial charge in [0.25, 0.3) is 0 Å². The van der Waals surface area contributed by atoms with Crippen molar-refractivity contribution in [3.63, 3.8) is 0 Å². The summed E-state index contributed by atoms with van der Waals surface area (Å²) in [6.45, 7) is 1.38. The van der Waals surface area contributed by atoms with Crippen LogP contribution >= 0.6 is 0 Å². The summed E-state index contributed by atoms with van der Waals surface area (Å²) in [5, 5.41) is 3.28. The number of rotatable bonds is 6. The molecule has 0 N–H and O–H groups in total. The molecule has 0 fully saturated rings. The van der Waals surface area contributed by atoms with Crippen LogP contribution < -0.4 is 34.5 Å². The van der Waals surface area contributed by atoms with Crippen LogP contribution in [0.3, 0.4) is 0 Å². The van der Waals surface area contributed by atoms with Gasteiger partial charge >= 0.3 is 29.6 Å². The normalized spacial score (nSPS) is 10.6. The molecule has 0 atom stereocenters. The van der Waals surface area contributed by atoms with Crippen LogP contribution in [0.4, 0.5) is 11.4 Å². The molecule has 0 aliphatic rings. The summed E-state index contributed by atoms with van der Waals surface area (Å²) in [5.41, 5.74) is 1.26. The van der Waals surface area contributed by atoms with E-state index in [0.717, 1.165) is 5.69 Å². The second-order valence-electron chi connectivity index (χ2n) is 4.01. The maximum Gasteiger partial charge on any atom is 1.00 e. The van der Waals surface area contributed by atoms with Crippen molar-refractivity contribution in [1.29, 1.82) is 0 Å². The first kappa shape index (κ1) is 23.7. The summed E-state index contributed by atoms with van der Waals surface area (Å²) in [6, 6.07) is 6.63. The molecule has 1 aromatic carbocycles. The van der Waals surface area contributed by atoms with Crippen LogP contribution in [-0.4, -0.2) is 54.5 Å². The van der Waals surface area contributed by atoms with Crippen molar-refractivity contribution in [2.75, 3.05) is 46.4 Å². The predicted octanol–water partition coefficient (Wildman–Crippen LogP) is -1.42. The SMILES string of the molecule is CN(C)c1ccc(N=NS(=O)(=O)[O-])cc1.COCCOC.[Na+]. The zero-order chi connectivity index (χ0) is 16.3. The number of ether oxygens (including phenoxy) is 2. The second-order valence-corrected chi connectivity index (χ2v) is 5.02. The molecule has 0 unspecified atom stereocenters.